The normalized spacial score (nSPS) is 17.9. The summed E-state index contributed by atoms with van der Waals surface area (Å²) >= 11 is 3.36. The van der Waals surface area contributed by atoms with Crippen molar-refractivity contribution in [3.63, 3.8) is 0 Å². The van der Waals surface area contributed by atoms with Gasteiger partial charge in [-0.3, -0.25) is 9.59 Å². The predicted octanol–water partition coefficient (Wildman–Crippen LogP) is 1.47. The molecule has 1 aliphatic heterocycles. The van der Waals surface area contributed by atoms with Crippen molar-refractivity contribution in [3.05, 3.63) is 22.2 Å². The van der Waals surface area contributed by atoms with Crippen LogP contribution in [0.1, 0.15) is 23.2 Å². The van der Waals surface area contributed by atoms with E-state index in [-0.39, 0.29) is 17.9 Å². The molecule has 0 spiro atoms. The summed E-state index contributed by atoms with van der Waals surface area (Å²) in [4.78, 5) is 23.5. The van der Waals surface area contributed by atoms with E-state index in [9.17, 15) is 9.59 Å². The van der Waals surface area contributed by atoms with Gasteiger partial charge in [-0.1, -0.05) is 0 Å². The molecule has 114 valence electrons. The fraction of sp³-hybridized carbons (Fsp3) is 0.429. The first-order chi connectivity index (χ1) is 10.0. The Labute approximate surface area is 131 Å². The Balaban J connectivity index is 2.18. The van der Waals surface area contributed by atoms with Gasteiger partial charge in [-0.15, -0.1) is 0 Å². The van der Waals surface area contributed by atoms with E-state index in [0.29, 0.717) is 40.9 Å². The Kier molecular flexibility index (Phi) is 5.06. The first-order valence-corrected chi connectivity index (χ1v) is 7.33. The third kappa shape index (κ3) is 3.66. The van der Waals surface area contributed by atoms with Crippen LogP contribution in [0.15, 0.2) is 16.6 Å². The van der Waals surface area contributed by atoms with Crippen molar-refractivity contribution in [2.24, 2.45) is 0 Å². The zero-order valence-electron chi connectivity index (χ0n) is 11.9. The molecule has 7 heteroatoms. The Morgan fingerprint density at radius 3 is 2.71 bits per heavy atom. The van der Waals surface area contributed by atoms with Crippen LogP contribution in [0.3, 0.4) is 0 Å². The van der Waals surface area contributed by atoms with Crippen LogP contribution in [-0.2, 0) is 4.79 Å². The maximum absolute atomic E-state index is 12.4. The Morgan fingerprint density at radius 2 is 2.14 bits per heavy atom. The van der Waals surface area contributed by atoms with Crippen molar-refractivity contribution < 1.29 is 19.1 Å². The molecule has 0 aromatic heterocycles. The highest BCUT2D eigenvalue weighted by atomic mass is 79.9. The van der Waals surface area contributed by atoms with E-state index in [4.69, 9.17) is 9.47 Å². The summed E-state index contributed by atoms with van der Waals surface area (Å²) in [5, 5.41) is 5.63. The summed E-state index contributed by atoms with van der Waals surface area (Å²) in [6.45, 7) is 0.442. The molecule has 0 radical (unpaired) electrons. The van der Waals surface area contributed by atoms with Gasteiger partial charge in [0.2, 0.25) is 5.91 Å². The molecule has 1 fully saturated rings. The SMILES string of the molecule is COc1cc(Br)c(OC)c(C(=O)NC2CCC(=O)NC2)c1. The minimum atomic E-state index is -0.257. The number of hydrogen-bond acceptors (Lipinski definition) is 4. The topological polar surface area (TPSA) is 76.7 Å². The number of carbonyl (C=O) groups excluding carboxylic acids is 2. The third-order valence-corrected chi connectivity index (χ3v) is 3.89. The van der Waals surface area contributed by atoms with Crippen molar-refractivity contribution in [1.82, 2.24) is 10.6 Å². The maximum Gasteiger partial charge on any atom is 0.255 e. The predicted molar refractivity (Wildman–Crippen MR) is 80.7 cm³/mol. The van der Waals surface area contributed by atoms with Crippen molar-refractivity contribution in [1.29, 1.82) is 0 Å². The van der Waals surface area contributed by atoms with Crippen LogP contribution in [0.4, 0.5) is 0 Å². The zero-order valence-corrected chi connectivity index (χ0v) is 13.5. The van der Waals surface area contributed by atoms with E-state index in [2.05, 4.69) is 26.6 Å². The highest BCUT2D eigenvalue weighted by Crippen LogP contribution is 2.33. The molecular weight excluding hydrogens is 340 g/mol. The van der Waals surface area contributed by atoms with Crippen LogP contribution >= 0.6 is 15.9 Å². The standard InChI is InChI=1S/C14H17BrN2O4/c1-20-9-5-10(13(21-2)11(15)6-9)14(19)17-8-3-4-12(18)16-7-8/h5-6,8H,3-4,7H2,1-2H3,(H,16,18)(H,17,19). The number of amides is 2. The molecule has 6 nitrogen and oxygen atoms in total. The monoisotopic (exact) mass is 356 g/mol. The first-order valence-electron chi connectivity index (χ1n) is 6.54. The van der Waals surface area contributed by atoms with Crippen LogP contribution in [-0.4, -0.2) is 38.6 Å². The van der Waals surface area contributed by atoms with Gasteiger partial charge in [0.25, 0.3) is 5.91 Å². The molecule has 1 aromatic carbocycles. The summed E-state index contributed by atoms with van der Waals surface area (Å²) in [6, 6.07) is 3.28. The van der Waals surface area contributed by atoms with Gasteiger partial charge in [0.1, 0.15) is 11.5 Å². The van der Waals surface area contributed by atoms with E-state index in [0.717, 1.165) is 0 Å². The smallest absolute Gasteiger partial charge is 0.255 e. The minimum Gasteiger partial charge on any atom is -0.497 e. The number of halogens is 1. The Hall–Kier alpha value is -1.76. The molecule has 2 amide bonds. The highest BCUT2D eigenvalue weighted by molar-refractivity contribution is 9.10. The van der Waals surface area contributed by atoms with Crippen LogP contribution < -0.4 is 20.1 Å². The number of ether oxygens (including phenoxy) is 2. The largest absolute Gasteiger partial charge is 0.497 e. The summed E-state index contributed by atoms with van der Waals surface area (Å²) in [5.74, 6) is 0.771. The van der Waals surface area contributed by atoms with Gasteiger partial charge in [0, 0.05) is 19.0 Å². The quantitative estimate of drug-likeness (QED) is 0.856. The summed E-state index contributed by atoms with van der Waals surface area (Å²) < 4.78 is 11.1. The van der Waals surface area contributed by atoms with Crippen molar-refractivity contribution in [3.8, 4) is 11.5 Å². The van der Waals surface area contributed by atoms with Crippen LogP contribution in [0.2, 0.25) is 0 Å². The summed E-state index contributed by atoms with van der Waals surface area (Å²) in [6.07, 6.45) is 1.05. The molecule has 1 saturated heterocycles. The van der Waals surface area contributed by atoms with Gasteiger partial charge in [0.05, 0.1) is 24.3 Å². The number of piperidine rings is 1. The van der Waals surface area contributed by atoms with Crippen LogP contribution in [0.5, 0.6) is 11.5 Å². The van der Waals surface area contributed by atoms with Crippen LogP contribution in [0.25, 0.3) is 0 Å². The lowest BCUT2D eigenvalue weighted by Crippen LogP contribution is -2.47. The molecular formula is C14H17BrN2O4. The molecule has 1 atom stereocenters. The molecule has 1 aliphatic rings. The van der Waals surface area contributed by atoms with Crippen molar-refractivity contribution in [2.75, 3.05) is 20.8 Å². The average Bonchev–Trinajstić information content (AvgIpc) is 2.48. The molecule has 2 N–H and O–H groups in total. The fourth-order valence-corrected chi connectivity index (χ4v) is 2.78. The van der Waals surface area contributed by atoms with Crippen molar-refractivity contribution >= 4 is 27.7 Å². The molecule has 1 aromatic rings. The van der Waals surface area contributed by atoms with Gasteiger partial charge in [-0.2, -0.15) is 0 Å². The second-order valence-corrected chi connectivity index (χ2v) is 5.56. The summed E-state index contributed by atoms with van der Waals surface area (Å²) in [7, 11) is 3.04. The van der Waals surface area contributed by atoms with Gasteiger partial charge in [0.15, 0.2) is 0 Å². The number of rotatable bonds is 4. The molecule has 1 unspecified atom stereocenters. The number of nitrogens with one attached hydrogen (secondary N) is 2. The van der Waals surface area contributed by atoms with Gasteiger partial charge in [-0.05, 0) is 34.5 Å². The molecule has 0 bridgehead atoms. The zero-order chi connectivity index (χ0) is 15.4. The third-order valence-electron chi connectivity index (χ3n) is 3.30. The van der Waals surface area contributed by atoms with E-state index in [1.807, 2.05) is 0 Å². The van der Waals surface area contributed by atoms with Gasteiger partial charge < -0.3 is 20.1 Å². The Bertz CT molecular complexity index is 552. The minimum absolute atomic E-state index is 0.0159. The van der Waals surface area contributed by atoms with E-state index >= 15 is 0 Å². The fourth-order valence-electron chi connectivity index (χ4n) is 2.18. The number of hydrogen-bond donors (Lipinski definition) is 2. The lowest BCUT2D eigenvalue weighted by atomic mass is 10.1. The maximum atomic E-state index is 12.4. The van der Waals surface area contributed by atoms with E-state index in [1.165, 1.54) is 14.2 Å². The molecule has 0 saturated carbocycles. The second-order valence-electron chi connectivity index (χ2n) is 4.70. The second kappa shape index (κ2) is 6.80. The van der Waals surface area contributed by atoms with Crippen LogP contribution in [0, 0.1) is 0 Å². The Morgan fingerprint density at radius 1 is 1.38 bits per heavy atom. The highest BCUT2D eigenvalue weighted by Gasteiger charge is 2.23. The summed E-state index contributed by atoms with van der Waals surface area (Å²) in [5.41, 5.74) is 0.389. The van der Waals surface area contributed by atoms with Gasteiger partial charge in [-0.25, -0.2) is 0 Å². The number of benzene rings is 1. The van der Waals surface area contributed by atoms with Crippen molar-refractivity contribution in [2.45, 2.75) is 18.9 Å². The molecule has 21 heavy (non-hydrogen) atoms. The molecule has 2 rings (SSSR count). The lowest BCUT2D eigenvalue weighted by molar-refractivity contribution is -0.122. The average molecular weight is 357 g/mol. The first kappa shape index (κ1) is 15.6. The number of carbonyl (C=O) groups is 2. The van der Waals surface area contributed by atoms with E-state index < -0.39 is 0 Å². The molecule has 0 aliphatic carbocycles. The number of methoxy groups -OCH3 is 2. The lowest BCUT2D eigenvalue weighted by Gasteiger charge is -2.24. The van der Waals surface area contributed by atoms with E-state index in [1.54, 1.807) is 12.1 Å². The van der Waals surface area contributed by atoms with Gasteiger partial charge >= 0.3 is 0 Å². The molecule has 1 heterocycles.